The summed E-state index contributed by atoms with van der Waals surface area (Å²) < 4.78 is 46.4. The molecule has 8 heteroatoms. The molecule has 150 valence electrons. The van der Waals surface area contributed by atoms with E-state index in [1.54, 1.807) is 0 Å². The summed E-state index contributed by atoms with van der Waals surface area (Å²) in [7, 11) is -3.65. The smallest absolute Gasteiger partial charge is 0.212 e. The van der Waals surface area contributed by atoms with Crippen LogP contribution in [0.25, 0.3) is 11.1 Å². The van der Waals surface area contributed by atoms with Crippen LogP contribution in [0.2, 0.25) is 5.02 Å². The zero-order chi connectivity index (χ0) is 20.1. The fourth-order valence-electron chi connectivity index (χ4n) is 3.14. The highest BCUT2D eigenvalue weighted by Gasteiger charge is 2.23. The Labute approximate surface area is 168 Å². The lowest BCUT2D eigenvalue weighted by atomic mass is 10.0. The van der Waals surface area contributed by atoms with E-state index in [0.717, 1.165) is 5.56 Å². The van der Waals surface area contributed by atoms with Crippen molar-refractivity contribution < 1.29 is 22.3 Å². The lowest BCUT2D eigenvalue weighted by Crippen LogP contribution is -2.35. The highest BCUT2D eigenvalue weighted by Crippen LogP contribution is 2.28. The number of rotatable bonds is 7. The van der Waals surface area contributed by atoms with Crippen LogP contribution < -0.4 is 4.72 Å². The van der Waals surface area contributed by atoms with Crippen molar-refractivity contribution in [3.8, 4) is 11.1 Å². The van der Waals surface area contributed by atoms with Crippen molar-refractivity contribution >= 4 is 27.4 Å². The summed E-state index contributed by atoms with van der Waals surface area (Å²) in [6.45, 7) is 0.557. The van der Waals surface area contributed by atoms with E-state index in [1.165, 1.54) is 12.1 Å². The third kappa shape index (κ3) is 5.38. The summed E-state index contributed by atoms with van der Waals surface area (Å²) in [5.41, 5.74) is 1.12. The molecule has 0 saturated carbocycles. The molecular formula is C20H21ClFNO4S. The average Bonchev–Trinajstić information content (AvgIpc) is 2.69. The number of carbonyl (C=O) groups excluding carboxylic acids is 1. The number of nitrogens with one attached hydrogen (secondary N) is 1. The number of ketones is 1. The van der Waals surface area contributed by atoms with Gasteiger partial charge in [-0.3, -0.25) is 4.79 Å². The van der Waals surface area contributed by atoms with Gasteiger partial charge in [-0.15, -0.1) is 0 Å². The zero-order valence-electron chi connectivity index (χ0n) is 15.2. The maximum Gasteiger partial charge on any atom is 0.212 e. The van der Waals surface area contributed by atoms with Crippen molar-refractivity contribution in [3.05, 3.63) is 58.9 Å². The average molecular weight is 426 g/mol. The van der Waals surface area contributed by atoms with E-state index in [-0.39, 0.29) is 22.3 Å². The van der Waals surface area contributed by atoms with Gasteiger partial charge in [0.2, 0.25) is 10.0 Å². The van der Waals surface area contributed by atoms with Crippen molar-refractivity contribution in [2.75, 3.05) is 25.5 Å². The van der Waals surface area contributed by atoms with Crippen LogP contribution in [0.3, 0.4) is 0 Å². The monoisotopic (exact) mass is 425 g/mol. The summed E-state index contributed by atoms with van der Waals surface area (Å²) in [4.78, 5) is 12.5. The molecule has 3 rings (SSSR count). The van der Waals surface area contributed by atoms with Crippen molar-refractivity contribution in [3.63, 3.8) is 0 Å². The summed E-state index contributed by atoms with van der Waals surface area (Å²) >= 11 is 5.95. The van der Waals surface area contributed by atoms with Crippen LogP contribution in [0, 0.1) is 11.7 Å². The molecule has 5 nitrogen and oxygen atoms in total. The molecule has 0 unspecified atom stereocenters. The summed E-state index contributed by atoms with van der Waals surface area (Å²) in [5.74, 6) is -1.60. The third-order valence-electron chi connectivity index (χ3n) is 4.68. The third-order valence-corrected chi connectivity index (χ3v) is 6.45. The van der Waals surface area contributed by atoms with Crippen LogP contribution in [0.1, 0.15) is 23.2 Å². The molecule has 0 aliphatic carbocycles. The lowest BCUT2D eigenvalue weighted by Gasteiger charge is -2.21. The molecule has 0 radical (unpaired) electrons. The van der Waals surface area contributed by atoms with Crippen molar-refractivity contribution in [1.29, 1.82) is 0 Å². The number of Topliss-reactive ketones (excluding diaryl/α,β-unsaturated/α-hetero) is 1. The van der Waals surface area contributed by atoms with E-state index in [2.05, 4.69) is 4.72 Å². The second kappa shape index (κ2) is 9.13. The molecule has 0 aromatic heterocycles. The predicted molar refractivity (Wildman–Crippen MR) is 107 cm³/mol. The SMILES string of the molecule is O=C(CNS(=O)(=O)CC1CCOCC1)c1cc(-c2ccccc2)cc(Cl)c1F. The molecule has 1 aliphatic rings. The molecule has 1 saturated heterocycles. The maximum atomic E-state index is 14.4. The van der Waals surface area contributed by atoms with Gasteiger partial charge in [0.15, 0.2) is 11.6 Å². The summed E-state index contributed by atoms with van der Waals surface area (Å²) in [5, 5.41) is -0.185. The topological polar surface area (TPSA) is 72.5 Å². The molecule has 0 atom stereocenters. The molecule has 2 aromatic carbocycles. The van der Waals surface area contributed by atoms with Crippen LogP contribution in [-0.4, -0.2) is 39.7 Å². The Morgan fingerprint density at radius 1 is 1.14 bits per heavy atom. The van der Waals surface area contributed by atoms with E-state index >= 15 is 0 Å². The molecule has 1 aliphatic heterocycles. The standard InChI is InChI=1S/C20H21ClFNO4S/c21-18-11-16(15-4-2-1-3-5-15)10-17(20(18)22)19(24)12-23-28(25,26)13-14-6-8-27-9-7-14/h1-5,10-11,14,23H,6-9,12-13H2. The molecule has 1 N–H and O–H groups in total. The van der Waals surface area contributed by atoms with Crippen LogP contribution in [0.15, 0.2) is 42.5 Å². The predicted octanol–water partition coefficient (Wildman–Crippen LogP) is 3.67. The largest absolute Gasteiger partial charge is 0.381 e. The normalized spacial score (nSPS) is 15.5. The first kappa shape index (κ1) is 20.9. The number of sulfonamides is 1. The lowest BCUT2D eigenvalue weighted by molar-refractivity contribution is 0.0722. The Morgan fingerprint density at radius 2 is 1.82 bits per heavy atom. The molecule has 1 heterocycles. The zero-order valence-corrected chi connectivity index (χ0v) is 16.7. The number of benzene rings is 2. The molecular weight excluding hydrogens is 405 g/mol. The van der Waals surface area contributed by atoms with Gasteiger partial charge in [0.25, 0.3) is 0 Å². The number of hydrogen-bond acceptors (Lipinski definition) is 4. The molecule has 0 spiro atoms. The van der Waals surface area contributed by atoms with E-state index in [0.29, 0.717) is 31.6 Å². The number of ether oxygens (including phenoxy) is 1. The molecule has 1 fully saturated rings. The molecule has 0 bridgehead atoms. The van der Waals surface area contributed by atoms with Crippen molar-refractivity contribution in [2.24, 2.45) is 5.92 Å². The van der Waals surface area contributed by atoms with Crippen molar-refractivity contribution in [2.45, 2.75) is 12.8 Å². The number of halogens is 2. The van der Waals surface area contributed by atoms with E-state index in [4.69, 9.17) is 16.3 Å². The molecule has 0 amide bonds. The van der Waals surface area contributed by atoms with E-state index in [1.807, 2.05) is 30.3 Å². The summed E-state index contributed by atoms with van der Waals surface area (Å²) in [6, 6.07) is 11.9. The Kier molecular flexibility index (Phi) is 6.82. The second-order valence-electron chi connectivity index (χ2n) is 6.77. The number of hydrogen-bond donors (Lipinski definition) is 1. The highest BCUT2D eigenvalue weighted by molar-refractivity contribution is 7.89. The first-order valence-corrected chi connectivity index (χ1v) is 11.0. The fraction of sp³-hybridized carbons (Fsp3) is 0.350. The molecule has 2 aromatic rings. The van der Waals surface area contributed by atoms with Gasteiger partial charge in [-0.05, 0) is 42.0 Å². The van der Waals surface area contributed by atoms with Gasteiger partial charge in [-0.2, -0.15) is 0 Å². The van der Waals surface area contributed by atoms with Gasteiger partial charge < -0.3 is 4.74 Å². The first-order valence-electron chi connectivity index (χ1n) is 8.98. The minimum Gasteiger partial charge on any atom is -0.381 e. The Bertz CT molecular complexity index is 944. The quantitative estimate of drug-likeness (QED) is 0.687. The van der Waals surface area contributed by atoms with Crippen LogP contribution in [0.4, 0.5) is 4.39 Å². The van der Waals surface area contributed by atoms with Gasteiger partial charge >= 0.3 is 0 Å². The van der Waals surface area contributed by atoms with E-state index in [9.17, 15) is 17.6 Å². The van der Waals surface area contributed by atoms with Gasteiger partial charge in [0.1, 0.15) is 0 Å². The second-order valence-corrected chi connectivity index (χ2v) is 9.03. The van der Waals surface area contributed by atoms with E-state index < -0.39 is 28.2 Å². The Hall–Kier alpha value is -1.80. The maximum absolute atomic E-state index is 14.4. The first-order chi connectivity index (χ1) is 13.4. The van der Waals surface area contributed by atoms with Crippen molar-refractivity contribution in [1.82, 2.24) is 4.72 Å². The fourth-order valence-corrected chi connectivity index (χ4v) is 4.78. The number of carbonyl (C=O) groups is 1. The Balaban J connectivity index is 1.72. The minimum absolute atomic E-state index is 0.00561. The Morgan fingerprint density at radius 3 is 2.50 bits per heavy atom. The minimum atomic E-state index is -3.65. The van der Waals surface area contributed by atoms with Crippen LogP contribution >= 0.6 is 11.6 Å². The molecule has 28 heavy (non-hydrogen) atoms. The van der Waals surface area contributed by atoms with Gasteiger partial charge in [0.05, 0.1) is 22.9 Å². The van der Waals surface area contributed by atoms with Gasteiger partial charge in [0, 0.05) is 13.2 Å². The van der Waals surface area contributed by atoms with Gasteiger partial charge in [-0.1, -0.05) is 41.9 Å². The van der Waals surface area contributed by atoms with Gasteiger partial charge in [-0.25, -0.2) is 17.5 Å². The summed E-state index contributed by atoms with van der Waals surface area (Å²) in [6.07, 6.45) is 1.33. The van der Waals surface area contributed by atoms with Crippen LogP contribution in [0.5, 0.6) is 0 Å². The van der Waals surface area contributed by atoms with Crippen LogP contribution in [-0.2, 0) is 14.8 Å². The highest BCUT2D eigenvalue weighted by atomic mass is 35.5.